The molecule has 2 N–H and O–H groups in total. The second kappa shape index (κ2) is 20.9. The SMILES string of the molecule is Cc1sc2c(c1C)C(c1ccc(Cl)cc1)=NC(CNC(=O)CN1CCN(CCc3sc4c(c3C)C(c3ccc(Cl)cc3)=N[C@@H](CC(=O)NCCN3CCOCC3)c3nnc(C)n3-4)CC1)c1nnc(C)n1-2. The number of aromatic nitrogens is 6. The molecule has 70 heavy (non-hydrogen) atoms. The van der Waals surface area contributed by atoms with E-state index >= 15 is 0 Å². The van der Waals surface area contributed by atoms with E-state index in [1.54, 1.807) is 22.7 Å². The first-order chi connectivity index (χ1) is 33.9. The fourth-order valence-electron chi connectivity index (χ4n) is 9.76. The molecule has 8 heterocycles. The van der Waals surface area contributed by atoms with Gasteiger partial charge >= 0.3 is 0 Å². The number of morpholine rings is 1. The molecule has 10 rings (SSSR count). The first-order valence-corrected chi connectivity index (χ1v) is 26.3. The van der Waals surface area contributed by atoms with Crippen LogP contribution in [0.3, 0.4) is 0 Å². The molecule has 0 aliphatic carbocycles. The summed E-state index contributed by atoms with van der Waals surface area (Å²) >= 11 is 16.2. The first kappa shape index (κ1) is 48.4. The van der Waals surface area contributed by atoms with Gasteiger partial charge in [0.1, 0.15) is 33.7 Å². The van der Waals surface area contributed by atoms with Crippen LogP contribution in [0.25, 0.3) is 10.0 Å². The lowest BCUT2D eigenvalue weighted by Crippen LogP contribution is -2.50. The van der Waals surface area contributed by atoms with Gasteiger partial charge in [-0.2, -0.15) is 0 Å². The summed E-state index contributed by atoms with van der Waals surface area (Å²) in [6.45, 7) is 19.6. The minimum Gasteiger partial charge on any atom is -0.379 e. The molecule has 4 aliphatic heterocycles. The largest absolute Gasteiger partial charge is 0.379 e. The van der Waals surface area contributed by atoms with Crippen molar-refractivity contribution in [2.24, 2.45) is 9.98 Å². The van der Waals surface area contributed by atoms with Gasteiger partial charge in [-0.1, -0.05) is 47.5 Å². The van der Waals surface area contributed by atoms with Crippen molar-refractivity contribution in [3.05, 3.63) is 125 Å². The number of aryl methyl sites for hydroxylation is 3. The molecule has 4 aliphatic rings. The van der Waals surface area contributed by atoms with Crippen LogP contribution in [0, 0.1) is 34.6 Å². The number of rotatable bonds is 14. The molecule has 2 saturated heterocycles. The normalized spacial score (nSPS) is 18.5. The molecule has 16 nitrogen and oxygen atoms in total. The van der Waals surface area contributed by atoms with Crippen molar-refractivity contribution in [1.82, 2.24) is 54.9 Å². The van der Waals surface area contributed by atoms with Gasteiger partial charge < -0.3 is 20.3 Å². The standard InChI is InChI=1S/C50H57Cl2N13O3S2/c1-29-31(3)69-49-43(29)45(34-6-10-36(51)11-7-34)56-39(48-60-58-33(5)65(48)49)27-54-42(67)28-63-20-18-61(19-21-63)16-14-40-30(2)44-46(35-8-12-37(52)13-9-35)55-38(47-59-57-32(4)64(47)50(44)70-40)26-41(66)53-15-17-62-22-24-68-25-23-62/h6-13,38-39H,14-28H2,1-5H3,(H,53,66)(H,54,67)/t38-,39?/m0/s1. The van der Waals surface area contributed by atoms with Crippen LogP contribution in [0.2, 0.25) is 10.0 Å². The van der Waals surface area contributed by atoms with Crippen LogP contribution >= 0.6 is 45.9 Å². The highest BCUT2D eigenvalue weighted by atomic mass is 35.5. The monoisotopic (exact) mass is 1020 g/mol. The van der Waals surface area contributed by atoms with Crippen LogP contribution < -0.4 is 10.6 Å². The van der Waals surface area contributed by atoms with E-state index in [1.165, 1.54) is 9.75 Å². The number of nitrogens with one attached hydrogen (secondary N) is 2. The smallest absolute Gasteiger partial charge is 0.234 e. The van der Waals surface area contributed by atoms with E-state index in [-0.39, 0.29) is 24.8 Å². The molecule has 0 radical (unpaired) electrons. The number of carbonyl (C=O) groups excluding carboxylic acids is 2. The minimum absolute atomic E-state index is 0.0466. The molecule has 4 aromatic heterocycles. The molecule has 366 valence electrons. The number of ether oxygens (including phenoxy) is 1. The zero-order valence-electron chi connectivity index (χ0n) is 40.1. The van der Waals surface area contributed by atoms with Gasteiger partial charge in [0, 0.05) is 108 Å². The third kappa shape index (κ3) is 10.0. The Hall–Kier alpha value is -5.18. The molecule has 2 fully saturated rings. The quantitative estimate of drug-likeness (QED) is 0.125. The van der Waals surface area contributed by atoms with Crippen LogP contribution in [0.15, 0.2) is 58.5 Å². The van der Waals surface area contributed by atoms with Gasteiger partial charge in [-0.15, -0.1) is 43.1 Å². The van der Waals surface area contributed by atoms with E-state index in [9.17, 15) is 9.59 Å². The van der Waals surface area contributed by atoms with Crippen LogP contribution in [-0.4, -0.2) is 153 Å². The zero-order chi connectivity index (χ0) is 48.6. The maximum atomic E-state index is 13.6. The van der Waals surface area contributed by atoms with E-state index in [1.807, 2.05) is 62.4 Å². The Balaban J connectivity index is 0.792. The average Bonchev–Trinajstić information content (AvgIpc) is 4.06. The highest BCUT2D eigenvalue weighted by molar-refractivity contribution is 7.15. The van der Waals surface area contributed by atoms with Crippen molar-refractivity contribution in [3.8, 4) is 10.0 Å². The average molecular weight is 1020 g/mol. The highest BCUT2D eigenvalue weighted by Crippen LogP contribution is 2.41. The molecular weight excluding hydrogens is 966 g/mol. The van der Waals surface area contributed by atoms with Gasteiger partial charge in [0.05, 0.1) is 37.6 Å². The number of halogens is 2. The fraction of sp³-hybridized carbons (Fsp3) is 0.440. The molecule has 20 heteroatoms. The van der Waals surface area contributed by atoms with Gasteiger partial charge in [0.15, 0.2) is 11.6 Å². The van der Waals surface area contributed by atoms with E-state index in [0.29, 0.717) is 34.8 Å². The van der Waals surface area contributed by atoms with Crippen LogP contribution in [0.1, 0.15) is 84.9 Å². The van der Waals surface area contributed by atoms with Crippen molar-refractivity contribution in [3.63, 3.8) is 0 Å². The number of thiophene rings is 2. The number of aliphatic imine (C=N–C) groups is 2. The number of amides is 2. The second-order valence-electron chi connectivity index (χ2n) is 18.4. The van der Waals surface area contributed by atoms with E-state index < -0.39 is 12.1 Å². The first-order valence-electron chi connectivity index (χ1n) is 23.9. The third-order valence-corrected chi connectivity index (χ3v) is 16.8. The van der Waals surface area contributed by atoms with Crippen molar-refractivity contribution < 1.29 is 14.3 Å². The Bertz CT molecular complexity index is 2960. The maximum absolute atomic E-state index is 13.6. The van der Waals surface area contributed by atoms with E-state index in [2.05, 4.69) is 75.6 Å². The van der Waals surface area contributed by atoms with Crippen molar-refractivity contribution >= 4 is 69.1 Å². The number of hydrogen-bond donors (Lipinski definition) is 2. The van der Waals surface area contributed by atoms with Gasteiger partial charge in [-0.25, -0.2) is 0 Å². The second-order valence-corrected chi connectivity index (χ2v) is 21.5. The number of nitrogens with zero attached hydrogens (tertiary/aromatic N) is 11. The summed E-state index contributed by atoms with van der Waals surface area (Å²) in [7, 11) is 0. The van der Waals surface area contributed by atoms with Gasteiger partial charge in [0.2, 0.25) is 11.8 Å². The Morgan fingerprint density at radius 3 is 1.81 bits per heavy atom. The summed E-state index contributed by atoms with van der Waals surface area (Å²) in [5.74, 6) is 2.77. The topological polar surface area (TPSA) is 163 Å². The van der Waals surface area contributed by atoms with Crippen molar-refractivity contribution in [2.45, 2.75) is 59.5 Å². The lowest BCUT2D eigenvalue weighted by atomic mass is 9.99. The molecule has 0 bridgehead atoms. The number of hydrogen-bond acceptors (Lipinski definition) is 14. The summed E-state index contributed by atoms with van der Waals surface area (Å²) < 4.78 is 9.69. The van der Waals surface area contributed by atoms with E-state index in [0.717, 1.165) is 138 Å². The summed E-state index contributed by atoms with van der Waals surface area (Å²) in [4.78, 5) is 47.3. The van der Waals surface area contributed by atoms with Gasteiger partial charge in [-0.05, 0) is 76.4 Å². The molecule has 2 amide bonds. The van der Waals surface area contributed by atoms with Crippen LogP contribution in [0.4, 0.5) is 0 Å². The van der Waals surface area contributed by atoms with Crippen molar-refractivity contribution in [1.29, 1.82) is 0 Å². The Kier molecular flexibility index (Phi) is 14.5. The number of benzene rings is 2. The molecular formula is C50H57Cl2N13O3S2. The molecule has 6 aromatic rings. The molecule has 1 unspecified atom stereocenters. The van der Waals surface area contributed by atoms with Crippen molar-refractivity contribution in [2.75, 3.05) is 85.2 Å². The Labute approximate surface area is 425 Å². The number of fused-ring (bicyclic) bond motifs is 6. The summed E-state index contributed by atoms with van der Waals surface area (Å²) in [5, 5.41) is 27.9. The Morgan fingerprint density at radius 2 is 1.19 bits per heavy atom. The lowest BCUT2D eigenvalue weighted by Gasteiger charge is -2.34. The maximum Gasteiger partial charge on any atom is 0.234 e. The summed E-state index contributed by atoms with van der Waals surface area (Å²) in [5.41, 5.74) is 7.98. The number of carbonyl (C=O) groups is 2. The Morgan fingerprint density at radius 1 is 0.643 bits per heavy atom. The fourth-order valence-corrected chi connectivity index (χ4v) is 12.6. The predicted octanol–water partition coefficient (Wildman–Crippen LogP) is 6.42. The zero-order valence-corrected chi connectivity index (χ0v) is 43.2. The lowest BCUT2D eigenvalue weighted by molar-refractivity contribution is -0.123. The molecule has 0 saturated carbocycles. The molecule has 2 atom stereocenters. The predicted molar refractivity (Wildman–Crippen MR) is 276 cm³/mol. The summed E-state index contributed by atoms with van der Waals surface area (Å²) in [6, 6.07) is 14.5. The van der Waals surface area contributed by atoms with Gasteiger partial charge in [0.25, 0.3) is 0 Å². The van der Waals surface area contributed by atoms with E-state index in [4.69, 9.17) is 37.9 Å². The highest BCUT2D eigenvalue weighted by Gasteiger charge is 2.35. The molecule has 0 spiro atoms. The van der Waals surface area contributed by atoms with Crippen LogP contribution in [0.5, 0.6) is 0 Å². The minimum atomic E-state index is -0.538. The number of piperazine rings is 1. The van der Waals surface area contributed by atoms with Crippen LogP contribution in [-0.2, 0) is 20.7 Å². The molecule has 2 aromatic carbocycles. The van der Waals surface area contributed by atoms with Gasteiger partial charge in [-0.3, -0.25) is 38.5 Å². The summed E-state index contributed by atoms with van der Waals surface area (Å²) in [6.07, 6.45) is 0.993. The third-order valence-electron chi connectivity index (χ3n) is 13.8.